The predicted octanol–water partition coefficient (Wildman–Crippen LogP) is 0.139. The minimum atomic E-state index is -1.10. The summed E-state index contributed by atoms with van der Waals surface area (Å²) in [5, 5.41) is 20.4. The zero-order valence-electron chi connectivity index (χ0n) is 9.55. The largest absolute Gasteiger partial charge is 0.390 e. The summed E-state index contributed by atoms with van der Waals surface area (Å²) in [5.74, 6) is -0.724. The number of hydrogen-bond donors (Lipinski definition) is 2. The van der Waals surface area contributed by atoms with Crippen molar-refractivity contribution in [3.63, 3.8) is 0 Å². The number of aliphatic hydroxyl groups excluding tert-OH is 1. The first-order valence-corrected chi connectivity index (χ1v) is 5.84. The van der Waals surface area contributed by atoms with Crippen molar-refractivity contribution in [3.8, 4) is 0 Å². The molecule has 0 radical (unpaired) electrons. The molecule has 3 aliphatic rings. The van der Waals surface area contributed by atoms with Gasteiger partial charge in [-0.3, -0.25) is 0 Å². The van der Waals surface area contributed by atoms with E-state index in [9.17, 15) is 10.2 Å². The van der Waals surface area contributed by atoms with Crippen molar-refractivity contribution in [1.82, 2.24) is 0 Å². The molecule has 5 nitrogen and oxygen atoms in total. The Hall–Kier alpha value is -0.200. The summed E-state index contributed by atoms with van der Waals surface area (Å²) >= 11 is 0. The highest BCUT2D eigenvalue weighted by atomic mass is 16.8. The lowest BCUT2D eigenvalue weighted by Gasteiger charge is -2.39. The molecule has 16 heavy (non-hydrogen) atoms. The smallest absolute Gasteiger partial charge is 0.190 e. The molecule has 0 unspecified atom stereocenters. The van der Waals surface area contributed by atoms with Gasteiger partial charge in [-0.15, -0.1) is 0 Å². The molecule has 3 fully saturated rings. The van der Waals surface area contributed by atoms with Crippen LogP contribution in [-0.4, -0.2) is 46.2 Å². The highest BCUT2D eigenvalue weighted by molar-refractivity contribution is 5.09. The Morgan fingerprint density at radius 1 is 1.19 bits per heavy atom. The van der Waals surface area contributed by atoms with Gasteiger partial charge in [-0.05, 0) is 33.1 Å². The number of ether oxygens (including phenoxy) is 3. The van der Waals surface area contributed by atoms with E-state index in [4.69, 9.17) is 14.2 Å². The molecular weight excluding hydrogens is 212 g/mol. The number of hydrogen-bond acceptors (Lipinski definition) is 5. The zero-order chi connectivity index (χ0) is 11.6. The third kappa shape index (κ3) is 1.36. The predicted molar refractivity (Wildman–Crippen MR) is 53.5 cm³/mol. The minimum absolute atomic E-state index is 0.484. The normalized spacial score (nSPS) is 54.8. The molecule has 2 heterocycles. The molecule has 2 saturated heterocycles. The van der Waals surface area contributed by atoms with Gasteiger partial charge in [-0.2, -0.15) is 0 Å². The summed E-state index contributed by atoms with van der Waals surface area (Å²) in [6.07, 6.45) is -0.206. The Bertz CT molecular complexity index is 305. The molecule has 0 spiro atoms. The second kappa shape index (κ2) is 3.17. The third-order valence-corrected chi connectivity index (χ3v) is 3.75. The van der Waals surface area contributed by atoms with Crippen LogP contribution in [0.3, 0.4) is 0 Å². The lowest BCUT2D eigenvalue weighted by atomic mass is 9.78. The number of rotatable bonds is 0. The molecule has 0 aromatic heterocycles. The molecule has 1 aliphatic carbocycles. The van der Waals surface area contributed by atoms with Gasteiger partial charge in [-0.1, -0.05) is 0 Å². The number of aliphatic hydroxyl groups is 2. The Balaban J connectivity index is 1.89. The molecule has 0 aromatic carbocycles. The van der Waals surface area contributed by atoms with Gasteiger partial charge in [0, 0.05) is 0 Å². The van der Waals surface area contributed by atoms with Crippen LogP contribution in [0.25, 0.3) is 0 Å². The summed E-state index contributed by atoms with van der Waals surface area (Å²) in [4.78, 5) is 0. The monoisotopic (exact) mass is 230 g/mol. The van der Waals surface area contributed by atoms with Gasteiger partial charge in [0.15, 0.2) is 12.1 Å². The van der Waals surface area contributed by atoms with Gasteiger partial charge < -0.3 is 24.4 Å². The van der Waals surface area contributed by atoms with Crippen molar-refractivity contribution in [2.24, 2.45) is 0 Å². The van der Waals surface area contributed by atoms with Crippen molar-refractivity contribution in [1.29, 1.82) is 0 Å². The van der Waals surface area contributed by atoms with E-state index in [0.29, 0.717) is 12.8 Å². The Labute approximate surface area is 94.3 Å². The average Bonchev–Trinajstić information content (AvgIpc) is 2.60. The first-order chi connectivity index (χ1) is 7.42. The van der Waals surface area contributed by atoms with Crippen molar-refractivity contribution in [2.75, 3.05) is 0 Å². The van der Waals surface area contributed by atoms with E-state index in [2.05, 4.69) is 0 Å². The lowest BCUT2D eigenvalue weighted by Crippen LogP contribution is -2.55. The summed E-state index contributed by atoms with van der Waals surface area (Å²) < 4.78 is 16.8. The van der Waals surface area contributed by atoms with Crippen LogP contribution in [0.5, 0.6) is 0 Å². The van der Waals surface area contributed by atoms with E-state index < -0.39 is 36.0 Å². The van der Waals surface area contributed by atoms with Gasteiger partial charge in [-0.25, -0.2) is 0 Å². The van der Waals surface area contributed by atoms with Crippen LogP contribution in [0.4, 0.5) is 0 Å². The molecule has 0 aromatic rings. The van der Waals surface area contributed by atoms with Gasteiger partial charge in [0.05, 0.1) is 6.10 Å². The summed E-state index contributed by atoms with van der Waals surface area (Å²) in [7, 11) is 0. The maximum Gasteiger partial charge on any atom is 0.190 e. The molecule has 3 rings (SSSR count). The minimum Gasteiger partial charge on any atom is -0.390 e. The third-order valence-electron chi connectivity index (χ3n) is 3.75. The first kappa shape index (κ1) is 10.9. The standard InChI is InChI=1S/C11H18O5/c1-10(2)15-8-9(16-10)14-7-6(12)4-3-5-11(7,8)13/h6-9,12-13H,3-5H2,1-2H3/t6-,7-,8+,9-,11-/m1/s1. The van der Waals surface area contributed by atoms with Crippen LogP contribution in [-0.2, 0) is 14.2 Å². The maximum atomic E-state index is 10.6. The second-order valence-electron chi connectivity index (χ2n) is 5.43. The van der Waals surface area contributed by atoms with Gasteiger partial charge in [0.2, 0.25) is 0 Å². The summed E-state index contributed by atoms with van der Waals surface area (Å²) in [6.45, 7) is 3.60. The Morgan fingerprint density at radius 2 is 1.94 bits per heavy atom. The Kier molecular flexibility index (Phi) is 2.17. The molecule has 0 amide bonds. The lowest BCUT2D eigenvalue weighted by molar-refractivity contribution is -0.249. The van der Waals surface area contributed by atoms with E-state index in [1.54, 1.807) is 13.8 Å². The van der Waals surface area contributed by atoms with Crippen molar-refractivity contribution in [3.05, 3.63) is 0 Å². The maximum absolute atomic E-state index is 10.6. The highest BCUT2D eigenvalue weighted by Crippen LogP contribution is 2.48. The molecule has 5 heteroatoms. The van der Waals surface area contributed by atoms with Crippen LogP contribution >= 0.6 is 0 Å². The van der Waals surface area contributed by atoms with Crippen LogP contribution in [0.2, 0.25) is 0 Å². The van der Waals surface area contributed by atoms with Crippen LogP contribution < -0.4 is 0 Å². The van der Waals surface area contributed by atoms with Gasteiger partial charge >= 0.3 is 0 Å². The second-order valence-corrected chi connectivity index (χ2v) is 5.43. The van der Waals surface area contributed by atoms with E-state index in [0.717, 1.165) is 6.42 Å². The highest BCUT2D eigenvalue weighted by Gasteiger charge is 2.65. The van der Waals surface area contributed by atoms with Crippen LogP contribution in [0.1, 0.15) is 33.1 Å². The van der Waals surface area contributed by atoms with Crippen molar-refractivity contribution in [2.45, 2.75) is 69.1 Å². The van der Waals surface area contributed by atoms with Crippen LogP contribution in [0, 0.1) is 0 Å². The van der Waals surface area contributed by atoms with E-state index in [1.807, 2.05) is 0 Å². The van der Waals surface area contributed by atoms with E-state index >= 15 is 0 Å². The SMILES string of the molecule is CC1(C)O[C@H]2O[C@@H]3[C@H](O)CCC[C@]3(O)[C@H]2O1. The summed E-state index contributed by atoms with van der Waals surface area (Å²) in [6, 6.07) is 0. The Morgan fingerprint density at radius 3 is 2.69 bits per heavy atom. The molecule has 0 bridgehead atoms. The van der Waals surface area contributed by atoms with Crippen molar-refractivity contribution < 1.29 is 24.4 Å². The topological polar surface area (TPSA) is 68.2 Å². The van der Waals surface area contributed by atoms with Crippen LogP contribution in [0.15, 0.2) is 0 Å². The quantitative estimate of drug-likeness (QED) is 0.619. The molecule has 2 aliphatic heterocycles. The first-order valence-electron chi connectivity index (χ1n) is 5.84. The molecule has 92 valence electrons. The number of fused-ring (bicyclic) bond motifs is 3. The van der Waals surface area contributed by atoms with Gasteiger partial charge in [0.1, 0.15) is 17.8 Å². The van der Waals surface area contributed by atoms with E-state index in [1.165, 1.54) is 0 Å². The fourth-order valence-electron chi connectivity index (χ4n) is 3.05. The fourth-order valence-corrected chi connectivity index (χ4v) is 3.05. The van der Waals surface area contributed by atoms with Gasteiger partial charge in [0.25, 0.3) is 0 Å². The molecule has 2 N–H and O–H groups in total. The van der Waals surface area contributed by atoms with E-state index in [-0.39, 0.29) is 0 Å². The average molecular weight is 230 g/mol. The summed E-state index contributed by atoms with van der Waals surface area (Å²) in [5.41, 5.74) is -1.10. The molecule has 1 saturated carbocycles. The zero-order valence-corrected chi connectivity index (χ0v) is 9.55. The fraction of sp³-hybridized carbons (Fsp3) is 1.00. The molecular formula is C11H18O5. The van der Waals surface area contributed by atoms with Crippen molar-refractivity contribution >= 4 is 0 Å². The molecule has 5 atom stereocenters.